The fraction of sp³-hybridized carbons (Fsp3) is 0.500. The minimum atomic E-state index is -6.02. The average molecular weight is 441 g/mol. The average Bonchev–Trinajstić information content (AvgIpc) is 3.34. The lowest BCUT2D eigenvalue weighted by molar-refractivity contribution is -0.0441. The van der Waals surface area contributed by atoms with Gasteiger partial charge in [0, 0.05) is 5.56 Å². The summed E-state index contributed by atoms with van der Waals surface area (Å²) in [6.07, 6.45) is 2.17. The van der Waals surface area contributed by atoms with Crippen LogP contribution in [0.2, 0.25) is 0 Å². The first-order chi connectivity index (χ1) is 12.9. The van der Waals surface area contributed by atoms with E-state index in [2.05, 4.69) is 0 Å². The van der Waals surface area contributed by atoms with Gasteiger partial charge in [-0.1, -0.05) is 25.1 Å². The maximum absolute atomic E-state index is 12.5. The summed E-state index contributed by atoms with van der Waals surface area (Å²) in [6.45, 7) is 2.76. The summed E-state index contributed by atoms with van der Waals surface area (Å²) in [5, 5.41) is 0. The van der Waals surface area contributed by atoms with E-state index in [0.717, 1.165) is 9.69 Å². The molecule has 0 radical (unpaired) electrons. The summed E-state index contributed by atoms with van der Waals surface area (Å²) in [7, 11) is -10.8. The van der Waals surface area contributed by atoms with Crippen molar-refractivity contribution in [3.05, 3.63) is 35.4 Å². The highest BCUT2D eigenvalue weighted by Crippen LogP contribution is 2.36. The number of allylic oxidation sites excluding steroid dienone is 1. The van der Waals surface area contributed by atoms with E-state index < -0.39 is 31.3 Å². The highest BCUT2D eigenvalue weighted by atomic mass is 32.3. The number of hydrogen-bond acceptors (Lipinski definition) is 6. The van der Waals surface area contributed by atoms with E-state index in [4.69, 9.17) is 9.47 Å². The van der Waals surface area contributed by atoms with Crippen LogP contribution in [-0.2, 0) is 31.2 Å². The molecule has 0 bridgehead atoms. The summed E-state index contributed by atoms with van der Waals surface area (Å²) in [5.41, 5.74) is -4.28. The molecule has 1 heterocycles. The first kappa shape index (κ1) is 21.1. The van der Waals surface area contributed by atoms with E-state index in [0.29, 0.717) is 30.9 Å². The molecule has 0 spiro atoms. The van der Waals surface area contributed by atoms with Crippen molar-refractivity contribution < 1.29 is 39.5 Å². The van der Waals surface area contributed by atoms with Crippen LogP contribution < -0.4 is 8.86 Å². The number of nitrogens with one attached hydrogen (secondary N) is 1. The Morgan fingerprint density at radius 2 is 1.93 bits per heavy atom. The molecule has 1 aliphatic heterocycles. The molecule has 2 aliphatic rings. The Hall–Kier alpha value is -1.63. The molecule has 3 rings (SSSR count). The van der Waals surface area contributed by atoms with Gasteiger partial charge in [-0.2, -0.15) is 13.2 Å². The van der Waals surface area contributed by atoms with E-state index in [9.17, 15) is 30.0 Å². The monoisotopic (exact) mass is 441 g/mol. The lowest BCUT2D eigenvalue weighted by Gasteiger charge is -2.24. The van der Waals surface area contributed by atoms with Gasteiger partial charge in [0.2, 0.25) is 10.0 Å². The molecule has 0 amide bonds. The second kappa shape index (κ2) is 7.32. The molecule has 1 saturated heterocycles. The topological polar surface area (TPSA) is 102 Å². The molecular formula is C16H18F3NO6S2. The van der Waals surface area contributed by atoms with Crippen LogP contribution in [0.25, 0.3) is 5.57 Å². The van der Waals surface area contributed by atoms with Crippen molar-refractivity contribution >= 4 is 25.6 Å². The number of fused-ring (bicyclic) bond motifs is 1. The molecule has 1 aliphatic carbocycles. The Kier molecular flexibility index (Phi) is 5.51. The van der Waals surface area contributed by atoms with Crippen LogP contribution in [-0.4, -0.2) is 47.4 Å². The van der Waals surface area contributed by atoms with Gasteiger partial charge < -0.3 is 9.47 Å². The number of benzene rings is 1. The fourth-order valence-corrected chi connectivity index (χ4v) is 5.56. The highest BCUT2D eigenvalue weighted by molar-refractivity contribution is 8.05. The van der Waals surface area contributed by atoms with Gasteiger partial charge in [0.15, 0.2) is 0 Å². The molecule has 0 aromatic heterocycles. The Balaban J connectivity index is 1.86. The van der Waals surface area contributed by atoms with Gasteiger partial charge in [-0.25, -0.2) is 16.8 Å². The van der Waals surface area contributed by atoms with Crippen molar-refractivity contribution in [2.45, 2.75) is 25.0 Å². The van der Waals surface area contributed by atoms with E-state index >= 15 is 0 Å². The molecular weight excluding hydrogens is 423 g/mol. The summed E-state index contributed by atoms with van der Waals surface area (Å²) in [5.74, 6) is -0.480. The van der Waals surface area contributed by atoms with Crippen LogP contribution in [0.4, 0.5) is 13.2 Å². The third-order valence-corrected chi connectivity index (χ3v) is 7.40. The van der Waals surface area contributed by atoms with Crippen molar-refractivity contribution in [3.8, 4) is 5.75 Å². The zero-order valence-electron chi connectivity index (χ0n) is 14.7. The normalized spacial score (nSPS) is 22.4. The largest absolute Gasteiger partial charge is 0.512 e. The van der Waals surface area contributed by atoms with Gasteiger partial charge >= 0.3 is 15.5 Å². The fourth-order valence-electron chi connectivity index (χ4n) is 2.95. The van der Waals surface area contributed by atoms with E-state index in [1.165, 1.54) is 0 Å². The first-order valence-corrected chi connectivity index (χ1v) is 11.4. The summed E-state index contributed by atoms with van der Waals surface area (Å²) in [6, 6.07) is 4.98. The van der Waals surface area contributed by atoms with Crippen LogP contribution in [0, 0.1) is 5.92 Å². The molecule has 2 atom stereocenters. The number of rotatable bonds is 7. The quantitative estimate of drug-likeness (QED) is 0.648. The summed E-state index contributed by atoms with van der Waals surface area (Å²) >= 11 is 0. The molecule has 0 saturated carbocycles. The third kappa shape index (κ3) is 4.85. The van der Waals surface area contributed by atoms with Gasteiger partial charge in [-0.05, 0) is 29.5 Å². The van der Waals surface area contributed by atoms with Crippen molar-refractivity contribution in [3.63, 3.8) is 0 Å². The Morgan fingerprint density at radius 1 is 1.25 bits per heavy atom. The maximum Gasteiger partial charge on any atom is 0.512 e. The van der Waals surface area contributed by atoms with Crippen LogP contribution >= 0.6 is 0 Å². The van der Waals surface area contributed by atoms with Gasteiger partial charge in [-0.15, -0.1) is 4.13 Å². The molecule has 12 heteroatoms. The van der Waals surface area contributed by atoms with E-state index in [1.54, 1.807) is 24.3 Å². The van der Waals surface area contributed by atoms with Crippen molar-refractivity contribution in [1.82, 2.24) is 4.13 Å². The predicted octanol–water partition coefficient (Wildman–Crippen LogP) is 1.81. The number of halogens is 3. The minimum absolute atomic E-state index is 0.0176. The second-order valence-electron chi connectivity index (χ2n) is 6.71. The summed E-state index contributed by atoms with van der Waals surface area (Å²) in [4.78, 5) is 0. The molecule has 1 aromatic carbocycles. The smallest absolute Gasteiger partial charge is 0.490 e. The van der Waals surface area contributed by atoms with Gasteiger partial charge in [-0.3, -0.25) is 0 Å². The number of hydrogen-bond donors (Lipinski definition) is 1. The van der Waals surface area contributed by atoms with E-state index in [-0.39, 0.29) is 17.6 Å². The van der Waals surface area contributed by atoms with Crippen molar-refractivity contribution in [1.29, 1.82) is 0 Å². The van der Waals surface area contributed by atoms with Crippen LogP contribution in [0.3, 0.4) is 0 Å². The predicted molar refractivity (Wildman–Crippen MR) is 94.4 cm³/mol. The lowest BCUT2D eigenvalue weighted by atomic mass is 9.85. The first-order valence-electron chi connectivity index (χ1n) is 8.28. The second-order valence-corrected chi connectivity index (χ2v) is 10.4. The van der Waals surface area contributed by atoms with Gasteiger partial charge in [0.25, 0.3) is 0 Å². The third-order valence-electron chi connectivity index (χ3n) is 4.20. The molecule has 28 heavy (non-hydrogen) atoms. The lowest BCUT2D eigenvalue weighted by Crippen LogP contribution is -2.41. The van der Waals surface area contributed by atoms with Crippen LogP contribution in [0.15, 0.2) is 24.3 Å². The minimum Gasteiger partial charge on any atom is -0.490 e. The summed E-state index contributed by atoms with van der Waals surface area (Å²) < 4.78 is 95.6. The Bertz CT molecular complexity index is 998. The standard InChI is InChI=1S/C16H18F3NO6S2/c1-10-5-11(9-27(21,22)20-28(23,24)16(17,18)19)13-3-2-4-15(14(13)6-10)26-8-12-7-25-12/h2-5,10,12,20H,6-9H2,1H3. The number of sulfonamides is 2. The zero-order valence-corrected chi connectivity index (χ0v) is 16.3. The van der Waals surface area contributed by atoms with Gasteiger partial charge in [0.05, 0.1) is 12.4 Å². The highest BCUT2D eigenvalue weighted by Gasteiger charge is 2.48. The Labute approximate surface area is 160 Å². The van der Waals surface area contributed by atoms with Crippen LogP contribution in [0.1, 0.15) is 18.1 Å². The van der Waals surface area contributed by atoms with Gasteiger partial charge in [0.1, 0.15) is 18.5 Å². The molecule has 7 nitrogen and oxygen atoms in total. The Morgan fingerprint density at radius 3 is 2.54 bits per heavy atom. The molecule has 2 unspecified atom stereocenters. The van der Waals surface area contributed by atoms with Crippen LogP contribution in [0.5, 0.6) is 5.75 Å². The van der Waals surface area contributed by atoms with Crippen molar-refractivity contribution in [2.75, 3.05) is 19.0 Å². The molecule has 1 aromatic rings. The number of ether oxygens (including phenoxy) is 2. The molecule has 156 valence electrons. The van der Waals surface area contributed by atoms with E-state index in [1.807, 2.05) is 6.92 Å². The molecule has 1 N–H and O–H groups in total. The maximum atomic E-state index is 12.5. The molecule has 1 fully saturated rings. The number of alkyl halides is 3. The SMILES string of the molecule is CC1C=C(CS(=O)(=O)NS(=O)(=O)C(F)(F)F)c2cccc(OCC3CO3)c2C1. The van der Waals surface area contributed by atoms with Crippen molar-refractivity contribution in [2.24, 2.45) is 5.92 Å². The number of epoxide rings is 1. The zero-order chi connectivity index (χ0) is 20.7.